The van der Waals surface area contributed by atoms with E-state index < -0.39 is 0 Å². The van der Waals surface area contributed by atoms with Crippen molar-refractivity contribution in [3.8, 4) is 5.75 Å². The van der Waals surface area contributed by atoms with E-state index in [1.807, 2.05) is 13.8 Å². The summed E-state index contributed by atoms with van der Waals surface area (Å²) in [5.41, 5.74) is 0.409. The molecule has 0 spiro atoms. The van der Waals surface area contributed by atoms with Gasteiger partial charge in [-0.2, -0.15) is 0 Å². The molecule has 0 aromatic heterocycles. The summed E-state index contributed by atoms with van der Waals surface area (Å²) in [5.74, 6) is -0.103. The van der Waals surface area contributed by atoms with Gasteiger partial charge in [0.25, 0.3) is 5.91 Å². The molecule has 1 saturated carbocycles. The molecule has 2 rings (SSSR count). The Labute approximate surface area is 148 Å². The Morgan fingerprint density at radius 3 is 2.64 bits per heavy atom. The van der Waals surface area contributed by atoms with Crippen LogP contribution >= 0.6 is 0 Å². The van der Waals surface area contributed by atoms with E-state index >= 15 is 0 Å². The van der Waals surface area contributed by atoms with Gasteiger partial charge in [-0.05, 0) is 32.4 Å². The monoisotopic (exact) mass is 350 g/mol. The van der Waals surface area contributed by atoms with E-state index in [0.717, 1.165) is 0 Å². The van der Waals surface area contributed by atoms with Crippen LogP contribution in [0.15, 0.2) is 24.3 Å². The van der Waals surface area contributed by atoms with Crippen LogP contribution < -0.4 is 15.4 Å². The predicted octanol–water partition coefficient (Wildman–Crippen LogP) is 1.12. The second-order valence-corrected chi connectivity index (χ2v) is 5.72. The molecule has 1 aromatic carbocycles. The number of para-hydroxylation sites is 1. The van der Waals surface area contributed by atoms with Gasteiger partial charge >= 0.3 is 0 Å². The number of carbonyl (C=O) groups excluding carboxylic acids is 2. The van der Waals surface area contributed by atoms with Gasteiger partial charge in [-0.3, -0.25) is 9.59 Å². The molecule has 7 heteroatoms. The lowest BCUT2D eigenvalue weighted by atomic mass is 9.85. The standard InChI is InChI=1S/C18H26N2O5/c1-4-24-14-9-7-6-8-12(14)18(22)19-11-16(21)20-13-10-15(25-5-2)17(13)23-3/h6-9,13,15,17H,4-5,10-11H2,1-3H3,(H,19,22)(H,20,21)/t13-,15-,17+/m1/s1. The van der Waals surface area contributed by atoms with Gasteiger partial charge in [0.15, 0.2) is 0 Å². The highest BCUT2D eigenvalue weighted by atomic mass is 16.5. The van der Waals surface area contributed by atoms with E-state index in [1.165, 1.54) is 0 Å². The molecule has 138 valence electrons. The topological polar surface area (TPSA) is 85.9 Å². The molecule has 0 unspecified atom stereocenters. The molecule has 1 aliphatic carbocycles. The van der Waals surface area contributed by atoms with Crippen LogP contribution in [0, 0.1) is 0 Å². The number of nitrogens with one attached hydrogen (secondary N) is 2. The Bertz CT molecular complexity index is 593. The van der Waals surface area contributed by atoms with Crippen LogP contribution in [0.4, 0.5) is 0 Å². The zero-order chi connectivity index (χ0) is 18.2. The Morgan fingerprint density at radius 1 is 1.20 bits per heavy atom. The summed E-state index contributed by atoms with van der Waals surface area (Å²) in [5, 5.41) is 5.48. The van der Waals surface area contributed by atoms with Gasteiger partial charge in [-0.25, -0.2) is 0 Å². The highest BCUT2D eigenvalue weighted by Crippen LogP contribution is 2.26. The van der Waals surface area contributed by atoms with Gasteiger partial charge in [0.05, 0.1) is 30.9 Å². The lowest BCUT2D eigenvalue weighted by Gasteiger charge is -2.43. The van der Waals surface area contributed by atoms with Crippen molar-refractivity contribution in [1.82, 2.24) is 10.6 Å². The van der Waals surface area contributed by atoms with Crippen LogP contribution in [-0.4, -0.2) is 56.9 Å². The second kappa shape index (κ2) is 9.39. The number of ether oxygens (including phenoxy) is 3. The summed E-state index contributed by atoms with van der Waals surface area (Å²) >= 11 is 0. The number of hydrogen-bond donors (Lipinski definition) is 2. The normalized spacial score (nSPS) is 22.0. The Hall–Kier alpha value is -2.12. The molecule has 7 nitrogen and oxygen atoms in total. The van der Waals surface area contributed by atoms with Gasteiger partial charge in [-0.1, -0.05) is 12.1 Å². The van der Waals surface area contributed by atoms with Crippen molar-refractivity contribution >= 4 is 11.8 Å². The lowest BCUT2D eigenvalue weighted by molar-refractivity contribution is -0.142. The average Bonchev–Trinajstić information content (AvgIpc) is 2.59. The third-order valence-corrected chi connectivity index (χ3v) is 4.09. The summed E-state index contributed by atoms with van der Waals surface area (Å²) in [6.45, 7) is 4.74. The first-order chi connectivity index (χ1) is 12.1. The second-order valence-electron chi connectivity index (χ2n) is 5.72. The predicted molar refractivity (Wildman–Crippen MR) is 92.7 cm³/mol. The smallest absolute Gasteiger partial charge is 0.255 e. The Morgan fingerprint density at radius 2 is 1.96 bits per heavy atom. The van der Waals surface area contributed by atoms with Gasteiger partial charge < -0.3 is 24.8 Å². The van der Waals surface area contributed by atoms with Gasteiger partial charge in [0, 0.05) is 13.7 Å². The lowest BCUT2D eigenvalue weighted by Crippen LogP contribution is -2.61. The zero-order valence-electron chi connectivity index (χ0n) is 14.9. The van der Waals surface area contributed by atoms with Crippen molar-refractivity contribution in [2.45, 2.75) is 38.5 Å². The molecular weight excluding hydrogens is 324 g/mol. The highest BCUT2D eigenvalue weighted by Gasteiger charge is 2.42. The fourth-order valence-corrected chi connectivity index (χ4v) is 2.87. The van der Waals surface area contributed by atoms with E-state index in [2.05, 4.69) is 10.6 Å². The quantitative estimate of drug-likeness (QED) is 0.697. The van der Waals surface area contributed by atoms with E-state index in [9.17, 15) is 9.59 Å². The third kappa shape index (κ3) is 4.93. The van der Waals surface area contributed by atoms with E-state index in [-0.39, 0.29) is 36.6 Å². The Kier molecular flexibility index (Phi) is 7.21. The summed E-state index contributed by atoms with van der Waals surface area (Å²) in [4.78, 5) is 24.3. The minimum Gasteiger partial charge on any atom is -0.493 e. The molecule has 3 atom stereocenters. The Balaban J connectivity index is 1.81. The van der Waals surface area contributed by atoms with Crippen molar-refractivity contribution in [3.63, 3.8) is 0 Å². The summed E-state index contributed by atoms with van der Waals surface area (Å²) in [6.07, 6.45) is 0.561. The first kappa shape index (κ1) is 19.2. The molecule has 1 fully saturated rings. The van der Waals surface area contributed by atoms with Crippen LogP contribution in [0.1, 0.15) is 30.6 Å². The molecule has 0 radical (unpaired) electrons. The van der Waals surface area contributed by atoms with Crippen molar-refractivity contribution in [3.05, 3.63) is 29.8 Å². The number of methoxy groups -OCH3 is 1. The molecule has 1 aliphatic rings. The molecule has 1 aromatic rings. The zero-order valence-corrected chi connectivity index (χ0v) is 14.9. The third-order valence-electron chi connectivity index (χ3n) is 4.09. The fraction of sp³-hybridized carbons (Fsp3) is 0.556. The number of hydrogen-bond acceptors (Lipinski definition) is 5. The molecule has 0 saturated heterocycles. The summed E-state index contributed by atoms with van der Waals surface area (Å²) in [7, 11) is 1.60. The number of benzene rings is 1. The highest BCUT2D eigenvalue weighted by molar-refractivity contribution is 5.98. The number of carbonyl (C=O) groups is 2. The maximum absolute atomic E-state index is 12.3. The van der Waals surface area contributed by atoms with E-state index in [0.29, 0.717) is 30.9 Å². The van der Waals surface area contributed by atoms with Gasteiger partial charge in [-0.15, -0.1) is 0 Å². The SMILES string of the molecule is CCOc1ccccc1C(=O)NCC(=O)N[C@@H]1C[C@@H](OCC)[C@H]1OC. The van der Waals surface area contributed by atoms with E-state index in [1.54, 1.807) is 31.4 Å². The summed E-state index contributed by atoms with van der Waals surface area (Å²) < 4.78 is 16.3. The molecule has 0 heterocycles. The fourth-order valence-electron chi connectivity index (χ4n) is 2.87. The first-order valence-corrected chi connectivity index (χ1v) is 8.54. The molecule has 25 heavy (non-hydrogen) atoms. The molecule has 2 N–H and O–H groups in total. The van der Waals surface area contributed by atoms with Crippen LogP contribution in [0.3, 0.4) is 0 Å². The van der Waals surface area contributed by atoms with Crippen LogP contribution in [0.5, 0.6) is 5.75 Å². The first-order valence-electron chi connectivity index (χ1n) is 8.54. The largest absolute Gasteiger partial charge is 0.493 e. The number of amides is 2. The average molecular weight is 350 g/mol. The van der Waals surface area contributed by atoms with Crippen molar-refractivity contribution in [2.75, 3.05) is 26.9 Å². The van der Waals surface area contributed by atoms with Gasteiger partial charge in [0.2, 0.25) is 5.91 Å². The molecular formula is C18H26N2O5. The maximum Gasteiger partial charge on any atom is 0.255 e. The molecule has 0 aliphatic heterocycles. The molecule has 0 bridgehead atoms. The maximum atomic E-state index is 12.3. The minimum atomic E-state index is -0.344. The van der Waals surface area contributed by atoms with Crippen LogP contribution in [-0.2, 0) is 14.3 Å². The van der Waals surface area contributed by atoms with Crippen molar-refractivity contribution in [1.29, 1.82) is 0 Å². The minimum absolute atomic E-state index is 0.00737. The number of rotatable bonds is 9. The molecule has 2 amide bonds. The van der Waals surface area contributed by atoms with Crippen LogP contribution in [0.25, 0.3) is 0 Å². The van der Waals surface area contributed by atoms with Crippen molar-refractivity contribution in [2.24, 2.45) is 0 Å². The summed E-state index contributed by atoms with van der Waals surface area (Å²) in [6, 6.07) is 6.84. The van der Waals surface area contributed by atoms with Crippen LogP contribution in [0.2, 0.25) is 0 Å². The van der Waals surface area contributed by atoms with Crippen molar-refractivity contribution < 1.29 is 23.8 Å². The van der Waals surface area contributed by atoms with Gasteiger partial charge in [0.1, 0.15) is 11.9 Å². The van der Waals surface area contributed by atoms with E-state index in [4.69, 9.17) is 14.2 Å².